The van der Waals surface area contributed by atoms with Crippen molar-refractivity contribution >= 4 is 0 Å². The van der Waals surface area contributed by atoms with Gasteiger partial charge in [-0.25, -0.2) is 0 Å². The summed E-state index contributed by atoms with van der Waals surface area (Å²) in [6.07, 6.45) is 4.15. The molecule has 1 nitrogen and oxygen atoms in total. The van der Waals surface area contributed by atoms with Crippen molar-refractivity contribution in [2.75, 3.05) is 0 Å². The summed E-state index contributed by atoms with van der Waals surface area (Å²) >= 11 is 0. The van der Waals surface area contributed by atoms with E-state index in [4.69, 9.17) is 4.74 Å². The van der Waals surface area contributed by atoms with Gasteiger partial charge in [-0.2, -0.15) is 0 Å². The molecule has 0 radical (unpaired) electrons. The summed E-state index contributed by atoms with van der Waals surface area (Å²) in [5, 5.41) is 0. The van der Waals surface area contributed by atoms with Gasteiger partial charge < -0.3 is 4.74 Å². The van der Waals surface area contributed by atoms with Crippen molar-refractivity contribution in [1.29, 1.82) is 0 Å². The number of fused-ring (bicyclic) bond motifs is 1. The van der Waals surface area contributed by atoms with Gasteiger partial charge in [0.25, 0.3) is 0 Å². The summed E-state index contributed by atoms with van der Waals surface area (Å²) in [6.45, 7) is 3.90. The highest BCUT2D eigenvalue weighted by molar-refractivity contribution is 5.33. The fourth-order valence-corrected chi connectivity index (χ4v) is 2.73. The highest BCUT2D eigenvalue weighted by Crippen LogP contribution is 2.28. The first-order valence-electron chi connectivity index (χ1n) is 6.76. The minimum Gasteiger partial charge on any atom is -0.366 e. The third-order valence-corrected chi connectivity index (χ3v) is 3.69. The average Bonchev–Trinajstić information content (AvgIpc) is 2.88. The van der Waals surface area contributed by atoms with Gasteiger partial charge in [0.05, 0.1) is 6.10 Å². The Morgan fingerprint density at radius 2 is 1.53 bits per heavy atom. The molecule has 2 aromatic rings. The molecule has 2 aromatic carbocycles. The molecule has 1 aliphatic carbocycles. The van der Waals surface area contributed by atoms with Gasteiger partial charge in [-0.1, -0.05) is 60.7 Å². The molecule has 0 saturated carbocycles. The van der Waals surface area contributed by atoms with Crippen molar-refractivity contribution in [3.63, 3.8) is 0 Å². The largest absolute Gasteiger partial charge is 0.366 e. The lowest BCUT2D eigenvalue weighted by molar-refractivity contribution is 0.0190. The van der Waals surface area contributed by atoms with Crippen LogP contribution in [-0.4, -0.2) is 6.10 Å². The van der Waals surface area contributed by atoms with E-state index in [1.807, 2.05) is 24.3 Å². The molecule has 1 unspecified atom stereocenters. The number of hydrogen-bond acceptors (Lipinski definition) is 1. The molecular weight excluding hydrogens is 232 g/mol. The zero-order valence-electron chi connectivity index (χ0n) is 11.0. The highest BCUT2D eigenvalue weighted by Gasteiger charge is 2.24. The van der Waals surface area contributed by atoms with E-state index in [2.05, 4.69) is 43.0 Å². The van der Waals surface area contributed by atoms with Crippen LogP contribution in [0.1, 0.15) is 22.8 Å². The fraction of sp³-hybridized carbons (Fsp3) is 0.222. The smallest absolute Gasteiger partial charge is 0.101 e. The Kier molecular flexibility index (Phi) is 3.47. The van der Waals surface area contributed by atoms with Crippen LogP contribution in [0.15, 0.2) is 67.3 Å². The van der Waals surface area contributed by atoms with Gasteiger partial charge in [0.2, 0.25) is 0 Å². The van der Waals surface area contributed by atoms with E-state index in [1.165, 1.54) is 16.7 Å². The van der Waals surface area contributed by atoms with Gasteiger partial charge in [-0.05, 0) is 29.5 Å². The predicted octanol–water partition coefficient (Wildman–Crippen LogP) is 4.10. The van der Waals surface area contributed by atoms with Crippen molar-refractivity contribution in [1.82, 2.24) is 0 Å². The van der Waals surface area contributed by atoms with Gasteiger partial charge in [0, 0.05) is 0 Å². The zero-order chi connectivity index (χ0) is 13.1. The summed E-state index contributed by atoms with van der Waals surface area (Å²) in [7, 11) is 0. The third kappa shape index (κ3) is 2.61. The molecule has 1 aliphatic rings. The second kappa shape index (κ2) is 5.41. The van der Waals surface area contributed by atoms with E-state index in [0.717, 1.165) is 12.8 Å². The van der Waals surface area contributed by atoms with Crippen LogP contribution in [0.4, 0.5) is 0 Å². The van der Waals surface area contributed by atoms with E-state index < -0.39 is 0 Å². The minimum absolute atomic E-state index is 0.0134. The van der Waals surface area contributed by atoms with Crippen LogP contribution in [0, 0.1) is 0 Å². The number of hydrogen-bond donors (Lipinski definition) is 0. The standard InChI is InChI=1S/C18H18O/c1-2-18(14-8-4-3-5-9-14)19-17-12-15-10-6-7-11-16(15)13-17/h2-11,17-18H,1,12-13H2. The average molecular weight is 250 g/mol. The van der Waals surface area contributed by atoms with Crippen LogP contribution in [0.25, 0.3) is 0 Å². The fourth-order valence-electron chi connectivity index (χ4n) is 2.73. The Labute approximate surface area is 114 Å². The molecule has 0 bridgehead atoms. The summed E-state index contributed by atoms with van der Waals surface area (Å²) < 4.78 is 6.21. The Bertz CT molecular complexity index is 534. The molecular formula is C18H18O. The molecule has 3 rings (SSSR count). The van der Waals surface area contributed by atoms with E-state index >= 15 is 0 Å². The van der Waals surface area contributed by atoms with E-state index in [-0.39, 0.29) is 12.2 Å². The quantitative estimate of drug-likeness (QED) is 0.742. The van der Waals surface area contributed by atoms with E-state index in [1.54, 1.807) is 0 Å². The molecule has 0 fully saturated rings. The van der Waals surface area contributed by atoms with Crippen LogP contribution in [-0.2, 0) is 17.6 Å². The second-order valence-electron chi connectivity index (χ2n) is 5.00. The topological polar surface area (TPSA) is 9.23 Å². The Morgan fingerprint density at radius 1 is 0.947 bits per heavy atom. The molecule has 0 aliphatic heterocycles. The summed E-state index contributed by atoms with van der Waals surface area (Å²) in [5.74, 6) is 0. The molecule has 96 valence electrons. The van der Waals surface area contributed by atoms with Crippen LogP contribution in [0.5, 0.6) is 0 Å². The lowest BCUT2D eigenvalue weighted by Crippen LogP contribution is -2.16. The minimum atomic E-state index is -0.0134. The van der Waals surface area contributed by atoms with Crippen molar-refractivity contribution in [3.8, 4) is 0 Å². The summed E-state index contributed by atoms with van der Waals surface area (Å²) in [4.78, 5) is 0. The van der Waals surface area contributed by atoms with Crippen molar-refractivity contribution in [2.45, 2.75) is 25.0 Å². The number of rotatable bonds is 4. The van der Waals surface area contributed by atoms with E-state index in [9.17, 15) is 0 Å². The maximum absolute atomic E-state index is 6.21. The number of ether oxygens (including phenoxy) is 1. The van der Waals surface area contributed by atoms with Crippen molar-refractivity contribution in [3.05, 3.63) is 83.9 Å². The molecule has 0 spiro atoms. The molecule has 1 heteroatoms. The summed E-state index contributed by atoms with van der Waals surface area (Å²) in [6, 6.07) is 18.9. The van der Waals surface area contributed by atoms with Gasteiger partial charge in [-0.3, -0.25) is 0 Å². The SMILES string of the molecule is C=CC(OC1Cc2ccccc2C1)c1ccccc1. The van der Waals surface area contributed by atoms with Crippen LogP contribution < -0.4 is 0 Å². The highest BCUT2D eigenvalue weighted by atomic mass is 16.5. The third-order valence-electron chi connectivity index (χ3n) is 3.69. The Balaban J connectivity index is 1.71. The van der Waals surface area contributed by atoms with Crippen molar-refractivity contribution in [2.24, 2.45) is 0 Å². The van der Waals surface area contributed by atoms with Gasteiger partial charge in [0.15, 0.2) is 0 Å². The second-order valence-corrected chi connectivity index (χ2v) is 5.00. The Morgan fingerprint density at radius 3 is 2.11 bits per heavy atom. The first kappa shape index (κ1) is 12.2. The van der Waals surface area contributed by atoms with E-state index in [0.29, 0.717) is 0 Å². The zero-order valence-corrected chi connectivity index (χ0v) is 11.0. The summed E-state index contributed by atoms with van der Waals surface area (Å²) in [5.41, 5.74) is 4.01. The first-order chi connectivity index (χ1) is 9.36. The van der Waals surface area contributed by atoms with Crippen LogP contribution in [0.3, 0.4) is 0 Å². The van der Waals surface area contributed by atoms with Crippen molar-refractivity contribution < 1.29 is 4.74 Å². The monoisotopic (exact) mass is 250 g/mol. The van der Waals surface area contributed by atoms with Crippen LogP contribution in [0.2, 0.25) is 0 Å². The molecule has 1 atom stereocenters. The van der Waals surface area contributed by atoms with Gasteiger partial charge >= 0.3 is 0 Å². The molecule has 19 heavy (non-hydrogen) atoms. The normalized spacial score (nSPS) is 16.0. The van der Waals surface area contributed by atoms with Crippen LogP contribution >= 0.6 is 0 Å². The Hall–Kier alpha value is -1.86. The molecule has 0 aromatic heterocycles. The maximum atomic E-state index is 6.21. The van der Waals surface area contributed by atoms with Gasteiger partial charge in [-0.15, -0.1) is 6.58 Å². The molecule has 0 amide bonds. The molecule has 0 saturated heterocycles. The maximum Gasteiger partial charge on any atom is 0.101 e. The lowest BCUT2D eigenvalue weighted by Gasteiger charge is -2.19. The van der Waals surface area contributed by atoms with Gasteiger partial charge in [0.1, 0.15) is 6.10 Å². The molecule has 0 N–H and O–H groups in total. The predicted molar refractivity (Wildman–Crippen MR) is 78.1 cm³/mol. The first-order valence-corrected chi connectivity index (χ1v) is 6.76. The molecule has 0 heterocycles. The number of benzene rings is 2. The lowest BCUT2D eigenvalue weighted by atomic mass is 10.1.